The first-order valence-electron chi connectivity index (χ1n) is 10.1. The second kappa shape index (κ2) is 5.48. The van der Waals surface area contributed by atoms with Crippen molar-refractivity contribution in [1.29, 1.82) is 0 Å². The quantitative estimate of drug-likeness (QED) is 0.669. The first-order valence-corrected chi connectivity index (χ1v) is 10.1. The smallest absolute Gasteiger partial charge is 0.313 e. The summed E-state index contributed by atoms with van der Waals surface area (Å²) < 4.78 is 12.0. The van der Waals surface area contributed by atoms with Crippen LogP contribution in [0.2, 0.25) is 0 Å². The lowest BCUT2D eigenvalue weighted by atomic mass is 9.69. The summed E-state index contributed by atoms with van der Waals surface area (Å²) in [6, 6.07) is 0. The molecule has 4 fully saturated rings. The molecule has 148 valence electrons. The largest absolute Gasteiger partial charge is 0.460 e. The molecule has 4 atom stereocenters. The number of carbonyl (C=O) groups excluding carboxylic acids is 2. The Morgan fingerprint density at radius 3 is 2.08 bits per heavy atom. The number of hydrogen-bond donors (Lipinski definition) is 0. The summed E-state index contributed by atoms with van der Waals surface area (Å²) in [4.78, 5) is 26.1. The zero-order chi connectivity index (χ0) is 19.8. The van der Waals surface area contributed by atoms with E-state index in [4.69, 9.17) is 9.47 Å². The molecule has 0 aromatic carbocycles. The van der Waals surface area contributed by atoms with Gasteiger partial charge in [-0.05, 0) is 77.6 Å². The first kappa shape index (κ1) is 19.7. The predicted molar refractivity (Wildman–Crippen MR) is 100 cm³/mol. The van der Waals surface area contributed by atoms with Gasteiger partial charge in [0.15, 0.2) is 0 Å². The lowest BCUT2D eigenvalue weighted by molar-refractivity contribution is -0.186. The maximum absolute atomic E-state index is 13.1. The van der Waals surface area contributed by atoms with E-state index in [1.807, 2.05) is 34.6 Å². The second-order valence-electron chi connectivity index (χ2n) is 11.7. The van der Waals surface area contributed by atoms with Crippen LogP contribution in [0.4, 0.5) is 0 Å². The number of rotatable bonds is 3. The van der Waals surface area contributed by atoms with E-state index >= 15 is 0 Å². The SMILES string of the molecule is CC(C)(C)OC(=O)C12CC3CC1CC(OC(=O)C(C)(C)C(C)(C)C)(C3)C2. The molecule has 0 N–H and O–H groups in total. The van der Waals surface area contributed by atoms with E-state index in [0.29, 0.717) is 18.3 Å². The summed E-state index contributed by atoms with van der Waals surface area (Å²) in [7, 11) is 0. The summed E-state index contributed by atoms with van der Waals surface area (Å²) >= 11 is 0. The molecule has 4 rings (SSSR count). The van der Waals surface area contributed by atoms with Gasteiger partial charge < -0.3 is 9.47 Å². The van der Waals surface area contributed by atoms with Crippen molar-refractivity contribution in [3.8, 4) is 0 Å². The van der Waals surface area contributed by atoms with Crippen LogP contribution in [0, 0.1) is 28.1 Å². The summed E-state index contributed by atoms with van der Waals surface area (Å²) in [5.74, 6) is 0.554. The first-order chi connectivity index (χ1) is 11.6. The van der Waals surface area contributed by atoms with E-state index in [9.17, 15) is 9.59 Å². The zero-order valence-electron chi connectivity index (χ0n) is 17.8. The van der Waals surface area contributed by atoms with Gasteiger partial charge in [0.2, 0.25) is 0 Å². The third kappa shape index (κ3) is 2.97. The van der Waals surface area contributed by atoms with Crippen LogP contribution in [0.5, 0.6) is 0 Å². The molecule has 0 heterocycles. The number of ether oxygens (including phenoxy) is 2. The van der Waals surface area contributed by atoms with Crippen molar-refractivity contribution in [3.05, 3.63) is 0 Å². The van der Waals surface area contributed by atoms with E-state index in [2.05, 4.69) is 20.8 Å². The molecule has 4 heteroatoms. The normalized spacial score (nSPS) is 36.3. The molecule has 0 aliphatic heterocycles. The monoisotopic (exact) mass is 364 g/mol. The van der Waals surface area contributed by atoms with Crippen LogP contribution >= 0.6 is 0 Å². The van der Waals surface area contributed by atoms with Gasteiger partial charge in [-0.1, -0.05) is 20.8 Å². The van der Waals surface area contributed by atoms with Crippen LogP contribution in [-0.4, -0.2) is 23.1 Å². The van der Waals surface area contributed by atoms with Gasteiger partial charge in [-0.2, -0.15) is 0 Å². The van der Waals surface area contributed by atoms with Crippen LogP contribution in [0.1, 0.15) is 87.5 Å². The summed E-state index contributed by atoms with van der Waals surface area (Å²) in [6.07, 6.45) is 4.33. The Hall–Kier alpha value is -1.06. The van der Waals surface area contributed by atoms with Gasteiger partial charge in [0, 0.05) is 6.42 Å². The Kier molecular flexibility index (Phi) is 4.15. The van der Waals surface area contributed by atoms with Crippen molar-refractivity contribution in [3.63, 3.8) is 0 Å². The van der Waals surface area contributed by atoms with E-state index in [1.54, 1.807) is 0 Å². The van der Waals surface area contributed by atoms with Crippen molar-refractivity contribution in [2.75, 3.05) is 0 Å². The average Bonchev–Trinajstić information content (AvgIpc) is 2.79. The van der Waals surface area contributed by atoms with Gasteiger partial charge in [0.1, 0.15) is 11.2 Å². The van der Waals surface area contributed by atoms with Gasteiger partial charge in [-0.15, -0.1) is 0 Å². The second-order valence-corrected chi connectivity index (χ2v) is 11.7. The lowest BCUT2D eigenvalue weighted by Crippen LogP contribution is -2.48. The van der Waals surface area contributed by atoms with Crippen molar-refractivity contribution in [1.82, 2.24) is 0 Å². The number of esters is 2. The topological polar surface area (TPSA) is 52.6 Å². The Morgan fingerprint density at radius 1 is 0.923 bits per heavy atom. The number of hydrogen-bond acceptors (Lipinski definition) is 4. The molecular formula is C22H36O4. The highest BCUT2D eigenvalue weighted by atomic mass is 16.6. The molecule has 4 aliphatic rings. The minimum atomic E-state index is -0.569. The highest BCUT2D eigenvalue weighted by molar-refractivity contribution is 5.81. The highest BCUT2D eigenvalue weighted by Crippen LogP contribution is 2.68. The Labute approximate surface area is 158 Å². The van der Waals surface area contributed by atoms with Gasteiger partial charge >= 0.3 is 11.9 Å². The molecule has 0 aromatic rings. The maximum atomic E-state index is 13.1. The van der Waals surface area contributed by atoms with E-state index in [1.165, 1.54) is 0 Å². The zero-order valence-corrected chi connectivity index (χ0v) is 17.8. The predicted octanol–water partition coefficient (Wildman–Crippen LogP) is 4.89. The van der Waals surface area contributed by atoms with Crippen molar-refractivity contribution < 1.29 is 19.1 Å². The lowest BCUT2D eigenvalue weighted by Gasteiger charge is -2.44. The van der Waals surface area contributed by atoms with Crippen molar-refractivity contribution in [2.24, 2.45) is 28.1 Å². The summed E-state index contributed by atoms with van der Waals surface area (Å²) in [5.41, 5.74) is -2.14. The molecule has 4 bridgehead atoms. The van der Waals surface area contributed by atoms with Crippen LogP contribution in [-0.2, 0) is 19.1 Å². The average molecular weight is 365 g/mol. The van der Waals surface area contributed by atoms with E-state index < -0.39 is 22.0 Å². The van der Waals surface area contributed by atoms with Gasteiger partial charge in [-0.3, -0.25) is 9.59 Å². The molecule has 0 aromatic heterocycles. The van der Waals surface area contributed by atoms with Crippen molar-refractivity contribution >= 4 is 11.9 Å². The summed E-state index contributed by atoms with van der Waals surface area (Å²) in [5, 5.41) is 0. The Bertz CT molecular complexity index is 621. The highest BCUT2D eigenvalue weighted by Gasteiger charge is 2.70. The maximum Gasteiger partial charge on any atom is 0.313 e. The van der Waals surface area contributed by atoms with Gasteiger partial charge in [0.25, 0.3) is 0 Å². The molecular weight excluding hydrogens is 328 g/mol. The van der Waals surface area contributed by atoms with Crippen LogP contribution in [0.3, 0.4) is 0 Å². The minimum Gasteiger partial charge on any atom is -0.460 e. The fourth-order valence-corrected chi connectivity index (χ4v) is 5.27. The Balaban J connectivity index is 1.82. The third-order valence-electron chi connectivity index (χ3n) is 7.47. The molecule has 0 radical (unpaired) electrons. The standard InChI is InChI=1S/C22H36O4/c1-18(2,3)20(7,8)16(23)26-21-10-14-9-15(12-21)22(11-14,13-21)17(24)25-19(4,5)6/h14-15H,9-13H2,1-8H3. The van der Waals surface area contributed by atoms with Crippen LogP contribution in [0.15, 0.2) is 0 Å². The van der Waals surface area contributed by atoms with Crippen LogP contribution < -0.4 is 0 Å². The molecule has 4 saturated carbocycles. The molecule has 26 heavy (non-hydrogen) atoms. The molecule has 4 unspecified atom stereocenters. The van der Waals surface area contributed by atoms with E-state index in [0.717, 1.165) is 25.7 Å². The van der Waals surface area contributed by atoms with Crippen LogP contribution in [0.25, 0.3) is 0 Å². The molecule has 4 nitrogen and oxygen atoms in total. The fourth-order valence-electron chi connectivity index (χ4n) is 5.27. The molecule has 4 aliphatic carbocycles. The summed E-state index contributed by atoms with van der Waals surface area (Å²) in [6.45, 7) is 15.9. The fraction of sp³-hybridized carbons (Fsp3) is 0.909. The molecule has 0 spiro atoms. The molecule has 0 amide bonds. The van der Waals surface area contributed by atoms with Crippen molar-refractivity contribution in [2.45, 2.75) is 98.7 Å². The Morgan fingerprint density at radius 2 is 1.54 bits per heavy atom. The molecule has 0 saturated heterocycles. The van der Waals surface area contributed by atoms with Gasteiger partial charge in [-0.25, -0.2) is 0 Å². The minimum absolute atomic E-state index is 0.0785. The van der Waals surface area contributed by atoms with E-state index in [-0.39, 0.29) is 17.4 Å². The number of carbonyl (C=O) groups is 2. The van der Waals surface area contributed by atoms with Gasteiger partial charge in [0.05, 0.1) is 10.8 Å². The third-order valence-corrected chi connectivity index (χ3v) is 7.47.